The van der Waals surface area contributed by atoms with Crippen LogP contribution in [0.1, 0.15) is 25.3 Å². The Morgan fingerprint density at radius 3 is 2.75 bits per heavy atom. The van der Waals surface area contributed by atoms with Crippen molar-refractivity contribution < 1.29 is 17.9 Å². The van der Waals surface area contributed by atoms with Gasteiger partial charge < -0.3 is 10.5 Å². The molecule has 1 unspecified atom stereocenters. The third-order valence-electron chi connectivity index (χ3n) is 2.98. The van der Waals surface area contributed by atoms with Crippen molar-refractivity contribution in [2.75, 3.05) is 0 Å². The number of rotatable bonds is 3. The molecule has 20 heavy (non-hydrogen) atoms. The Hall–Kier alpha value is -2.05. The number of hydrogen-bond donors (Lipinski definition) is 1. The van der Waals surface area contributed by atoms with E-state index >= 15 is 0 Å². The summed E-state index contributed by atoms with van der Waals surface area (Å²) in [4.78, 5) is 0. The summed E-state index contributed by atoms with van der Waals surface area (Å²) >= 11 is 0. The van der Waals surface area contributed by atoms with E-state index in [-0.39, 0.29) is 11.7 Å². The molecule has 2 rings (SSSR count). The zero-order valence-electron chi connectivity index (χ0n) is 10.8. The highest BCUT2D eigenvalue weighted by Gasteiger charge is 2.31. The van der Waals surface area contributed by atoms with Crippen molar-refractivity contribution in [2.45, 2.75) is 26.1 Å². The minimum absolute atomic E-state index is 0.0497. The topological polar surface area (TPSA) is 60.0 Å². The molecule has 1 aromatic rings. The third kappa shape index (κ3) is 3.49. The molecule has 0 aliphatic carbocycles. The van der Waals surface area contributed by atoms with Crippen LogP contribution in [0.3, 0.4) is 0 Å². The Balaban J connectivity index is 2.31. The molecule has 0 spiro atoms. The molecule has 7 heteroatoms. The van der Waals surface area contributed by atoms with Gasteiger partial charge in [0, 0.05) is 17.9 Å². The highest BCUT2D eigenvalue weighted by Crippen LogP contribution is 2.26. The molecule has 1 aromatic carbocycles. The number of nitrogens with zero attached hydrogens (tertiary/aromatic N) is 2. The van der Waals surface area contributed by atoms with Crippen molar-refractivity contribution in [3.63, 3.8) is 0 Å². The maximum Gasteiger partial charge on any atom is 0.573 e. The number of benzene rings is 1. The molecule has 0 aromatic heterocycles. The van der Waals surface area contributed by atoms with E-state index in [9.17, 15) is 13.2 Å². The monoisotopic (exact) mass is 285 g/mol. The molecule has 4 nitrogen and oxygen atoms in total. The molecule has 0 amide bonds. The molecule has 0 bridgehead atoms. The summed E-state index contributed by atoms with van der Waals surface area (Å²) in [6.07, 6.45) is -3.38. The van der Waals surface area contributed by atoms with Crippen molar-refractivity contribution in [1.29, 1.82) is 0 Å². The van der Waals surface area contributed by atoms with Crippen LogP contribution in [0.25, 0.3) is 0 Å². The van der Waals surface area contributed by atoms with E-state index in [0.29, 0.717) is 23.5 Å². The smallest absolute Gasteiger partial charge is 0.406 e. The zero-order valence-corrected chi connectivity index (χ0v) is 10.8. The van der Waals surface area contributed by atoms with Crippen LogP contribution < -0.4 is 10.5 Å². The van der Waals surface area contributed by atoms with Gasteiger partial charge in [-0.1, -0.05) is 19.1 Å². The predicted octanol–water partition coefficient (Wildman–Crippen LogP) is 3.08. The van der Waals surface area contributed by atoms with Crippen LogP contribution in [0.15, 0.2) is 34.5 Å². The molecule has 0 fully saturated rings. The van der Waals surface area contributed by atoms with Crippen LogP contribution in [0.5, 0.6) is 5.75 Å². The van der Waals surface area contributed by atoms with E-state index in [0.717, 1.165) is 6.42 Å². The maximum absolute atomic E-state index is 12.2. The van der Waals surface area contributed by atoms with Crippen LogP contribution in [0, 0.1) is 5.92 Å². The van der Waals surface area contributed by atoms with Crippen LogP contribution in [-0.2, 0) is 0 Å². The van der Waals surface area contributed by atoms with Crippen LogP contribution in [0.4, 0.5) is 13.2 Å². The first-order valence-corrected chi connectivity index (χ1v) is 6.15. The van der Waals surface area contributed by atoms with Crippen molar-refractivity contribution >= 4 is 11.5 Å². The normalized spacial score (nSPS) is 19.3. The van der Waals surface area contributed by atoms with Gasteiger partial charge in [-0.15, -0.1) is 18.3 Å². The number of hydrogen-bond acceptors (Lipinski definition) is 4. The van der Waals surface area contributed by atoms with Crippen molar-refractivity contribution in [2.24, 2.45) is 21.9 Å². The standard InChI is InChI=1S/C13H14F3N3O/c1-2-8-7-11(17)18-19-12(8)9-4-3-5-10(6-9)20-13(14,15)16/h3-6,8H,2,7H2,1H3,(H2,17,18). The van der Waals surface area contributed by atoms with E-state index in [2.05, 4.69) is 14.9 Å². The highest BCUT2D eigenvalue weighted by molar-refractivity contribution is 6.06. The molecule has 2 N–H and O–H groups in total. The van der Waals surface area contributed by atoms with E-state index in [1.807, 2.05) is 6.92 Å². The average Bonchev–Trinajstić information content (AvgIpc) is 2.36. The summed E-state index contributed by atoms with van der Waals surface area (Å²) in [5, 5.41) is 7.82. The lowest BCUT2D eigenvalue weighted by Gasteiger charge is -2.20. The minimum Gasteiger partial charge on any atom is -0.406 e. The van der Waals surface area contributed by atoms with E-state index < -0.39 is 6.36 Å². The summed E-state index contributed by atoms with van der Waals surface area (Å²) in [5.74, 6) is 0.215. The number of alkyl halides is 3. The summed E-state index contributed by atoms with van der Waals surface area (Å²) in [6, 6.07) is 5.74. The van der Waals surface area contributed by atoms with Gasteiger partial charge in [-0.3, -0.25) is 0 Å². The van der Waals surface area contributed by atoms with Gasteiger partial charge in [0.05, 0.1) is 5.71 Å². The van der Waals surface area contributed by atoms with Crippen LogP contribution in [0.2, 0.25) is 0 Å². The van der Waals surface area contributed by atoms with Crippen molar-refractivity contribution in [3.8, 4) is 5.75 Å². The van der Waals surface area contributed by atoms with E-state index in [1.54, 1.807) is 6.07 Å². The first-order valence-electron chi connectivity index (χ1n) is 6.15. The molecule has 0 saturated carbocycles. The van der Waals surface area contributed by atoms with Crippen molar-refractivity contribution in [3.05, 3.63) is 29.8 Å². The lowest BCUT2D eigenvalue weighted by atomic mass is 9.90. The summed E-state index contributed by atoms with van der Waals surface area (Å²) in [7, 11) is 0. The van der Waals surface area contributed by atoms with Gasteiger partial charge in [0.15, 0.2) is 0 Å². The molecule has 0 radical (unpaired) electrons. The molecular weight excluding hydrogens is 271 g/mol. The van der Waals surface area contributed by atoms with Gasteiger partial charge in [-0.05, 0) is 18.6 Å². The zero-order chi connectivity index (χ0) is 14.8. The fraction of sp³-hybridized carbons (Fsp3) is 0.385. The molecular formula is C13H14F3N3O. The number of amidine groups is 1. The first kappa shape index (κ1) is 14.4. The number of nitrogens with two attached hydrogens (primary N) is 1. The molecule has 1 aliphatic heterocycles. The SMILES string of the molecule is CCC1CC(N)=NN=C1c1cccc(OC(F)(F)F)c1. The quantitative estimate of drug-likeness (QED) is 0.927. The summed E-state index contributed by atoms with van der Waals surface area (Å²) < 4.78 is 40.6. The second-order valence-electron chi connectivity index (χ2n) is 4.46. The Labute approximate surface area is 114 Å². The maximum atomic E-state index is 12.2. The largest absolute Gasteiger partial charge is 0.573 e. The third-order valence-corrected chi connectivity index (χ3v) is 2.98. The lowest BCUT2D eigenvalue weighted by molar-refractivity contribution is -0.274. The van der Waals surface area contributed by atoms with Crippen LogP contribution >= 0.6 is 0 Å². The molecule has 1 aliphatic rings. The fourth-order valence-corrected chi connectivity index (χ4v) is 2.07. The average molecular weight is 285 g/mol. The van der Waals surface area contributed by atoms with Crippen molar-refractivity contribution in [1.82, 2.24) is 0 Å². The van der Waals surface area contributed by atoms with Gasteiger partial charge in [0.25, 0.3) is 0 Å². The van der Waals surface area contributed by atoms with Gasteiger partial charge in [-0.2, -0.15) is 5.10 Å². The molecule has 1 atom stereocenters. The summed E-state index contributed by atoms with van der Waals surface area (Å²) in [5.41, 5.74) is 6.82. The first-order chi connectivity index (χ1) is 9.39. The van der Waals surface area contributed by atoms with E-state index in [1.165, 1.54) is 18.2 Å². The Morgan fingerprint density at radius 1 is 1.35 bits per heavy atom. The molecule has 108 valence electrons. The predicted molar refractivity (Wildman–Crippen MR) is 69.7 cm³/mol. The number of halogens is 3. The van der Waals surface area contributed by atoms with E-state index in [4.69, 9.17) is 5.73 Å². The van der Waals surface area contributed by atoms with Crippen LogP contribution in [-0.4, -0.2) is 17.9 Å². The Bertz CT molecular complexity index is 552. The molecule has 1 heterocycles. The van der Waals surface area contributed by atoms with Gasteiger partial charge in [0.1, 0.15) is 11.6 Å². The van der Waals surface area contributed by atoms with Gasteiger partial charge in [-0.25, -0.2) is 0 Å². The van der Waals surface area contributed by atoms with Gasteiger partial charge >= 0.3 is 6.36 Å². The summed E-state index contributed by atoms with van der Waals surface area (Å²) in [6.45, 7) is 1.97. The second kappa shape index (κ2) is 5.52. The number of ether oxygens (including phenoxy) is 1. The Kier molecular flexibility index (Phi) is 3.96. The highest BCUT2D eigenvalue weighted by atomic mass is 19.4. The lowest BCUT2D eigenvalue weighted by Crippen LogP contribution is -2.26. The minimum atomic E-state index is -4.71. The Morgan fingerprint density at radius 2 is 2.10 bits per heavy atom. The second-order valence-corrected chi connectivity index (χ2v) is 4.46. The molecule has 0 saturated heterocycles. The van der Waals surface area contributed by atoms with Gasteiger partial charge in [0.2, 0.25) is 0 Å². The fourth-order valence-electron chi connectivity index (χ4n) is 2.07.